The third-order valence-corrected chi connectivity index (χ3v) is 1.96. The first kappa shape index (κ1) is 10.2. The molecule has 0 aromatic carbocycles. The molecule has 4 nitrogen and oxygen atoms in total. The second-order valence-corrected chi connectivity index (χ2v) is 2.81. The summed E-state index contributed by atoms with van der Waals surface area (Å²) in [6, 6.07) is 1.91. The molecular formula is C9H16N2O2. The second-order valence-electron chi connectivity index (χ2n) is 2.81. The zero-order valence-corrected chi connectivity index (χ0v) is 8.04. The minimum Gasteiger partial charge on any atom is -0.469 e. The summed E-state index contributed by atoms with van der Waals surface area (Å²) in [7, 11) is 0. The molecule has 0 radical (unpaired) electrons. The highest BCUT2D eigenvalue weighted by Gasteiger charge is 2.13. The molecule has 0 aliphatic heterocycles. The largest absolute Gasteiger partial charge is 0.469 e. The zero-order valence-electron chi connectivity index (χ0n) is 8.04. The Morgan fingerprint density at radius 2 is 2.46 bits per heavy atom. The Balaban J connectivity index is 2.61. The third-order valence-electron chi connectivity index (χ3n) is 1.96. The van der Waals surface area contributed by atoms with E-state index in [4.69, 9.17) is 15.0 Å². The van der Waals surface area contributed by atoms with Gasteiger partial charge in [0, 0.05) is 12.2 Å². The summed E-state index contributed by atoms with van der Waals surface area (Å²) in [6.45, 7) is 5.11. The average molecular weight is 184 g/mol. The molecule has 0 aliphatic carbocycles. The highest BCUT2D eigenvalue weighted by Crippen LogP contribution is 2.17. The SMILES string of the molecule is CCOCC(NN)c1ccoc1C. The second kappa shape index (κ2) is 5.01. The van der Waals surface area contributed by atoms with Gasteiger partial charge in [-0.3, -0.25) is 11.3 Å². The summed E-state index contributed by atoms with van der Waals surface area (Å²) in [5.74, 6) is 6.28. The van der Waals surface area contributed by atoms with E-state index in [1.165, 1.54) is 0 Å². The molecule has 0 bridgehead atoms. The van der Waals surface area contributed by atoms with Crippen molar-refractivity contribution in [1.82, 2.24) is 5.43 Å². The van der Waals surface area contributed by atoms with Gasteiger partial charge in [0.05, 0.1) is 18.9 Å². The van der Waals surface area contributed by atoms with Crippen molar-refractivity contribution in [3.8, 4) is 0 Å². The third kappa shape index (κ3) is 2.55. The van der Waals surface area contributed by atoms with Gasteiger partial charge in [0.15, 0.2) is 0 Å². The van der Waals surface area contributed by atoms with Crippen LogP contribution >= 0.6 is 0 Å². The van der Waals surface area contributed by atoms with Gasteiger partial charge in [0.25, 0.3) is 0 Å². The van der Waals surface area contributed by atoms with Crippen molar-refractivity contribution in [2.75, 3.05) is 13.2 Å². The fraction of sp³-hybridized carbons (Fsp3) is 0.556. The molecule has 1 aromatic rings. The first-order valence-corrected chi connectivity index (χ1v) is 4.37. The first-order valence-electron chi connectivity index (χ1n) is 4.37. The highest BCUT2D eigenvalue weighted by molar-refractivity contribution is 5.19. The van der Waals surface area contributed by atoms with Crippen LogP contribution in [0.25, 0.3) is 0 Å². The maximum absolute atomic E-state index is 5.40. The Morgan fingerprint density at radius 1 is 1.69 bits per heavy atom. The quantitative estimate of drug-likeness (QED) is 0.532. The fourth-order valence-electron chi connectivity index (χ4n) is 1.22. The van der Waals surface area contributed by atoms with E-state index >= 15 is 0 Å². The Hall–Kier alpha value is -0.840. The van der Waals surface area contributed by atoms with Gasteiger partial charge >= 0.3 is 0 Å². The van der Waals surface area contributed by atoms with E-state index in [0.717, 1.165) is 11.3 Å². The monoisotopic (exact) mass is 184 g/mol. The minimum atomic E-state index is 0.0127. The van der Waals surface area contributed by atoms with Crippen LogP contribution < -0.4 is 11.3 Å². The molecule has 1 unspecified atom stereocenters. The standard InChI is InChI=1S/C9H16N2O2/c1-3-12-6-9(11-10)8-4-5-13-7(8)2/h4-5,9,11H,3,6,10H2,1-2H3. The van der Waals surface area contributed by atoms with Crippen molar-refractivity contribution >= 4 is 0 Å². The molecule has 3 N–H and O–H groups in total. The van der Waals surface area contributed by atoms with Gasteiger partial charge in [-0.25, -0.2) is 0 Å². The van der Waals surface area contributed by atoms with E-state index in [1.807, 2.05) is 19.9 Å². The van der Waals surface area contributed by atoms with Crippen LogP contribution in [0.5, 0.6) is 0 Å². The average Bonchev–Trinajstić information content (AvgIpc) is 2.54. The number of nitrogens with two attached hydrogens (primary N) is 1. The molecule has 0 fully saturated rings. The van der Waals surface area contributed by atoms with Gasteiger partial charge in [0.2, 0.25) is 0 Å². The van der Waals surface area contributed by atoms with Crippen molar-refractivity contribution in [2.24, 2.45) is 5.84 Å². The molecule has 13 heavy (non-hydrogen) atoms. The van der Waals surface area contributed by atoms with E-state index in [9.17, 15) is 0 Å². The molecule has 1 atom stereocenters. The lowest BCUT2D eigenvalue weighted by Crippen LogP contribution is -2.31. The molecule has 0 spiro atoms. The molecular weight excluding hydrogens is 168 g/mol. The molecule has 1 heterocycles. The van der Waals surface area contributed by atoms with Gasteiger partial charge in [0.1, 0.15) is 5.76 Å². The fourth-order valence-corrected chi connectivity index (χ4v) is 1.22. The first-order chi connectivity index (χ1) is 6.29. The molecule has 0 saturated heterocycles. The number of furan rings is 1. The molecule has 4 heteroatoms. The smallest absolute Gasteiger partial charge is 0.105 e. The van der Waals surface area contributed by atoms with Crippen LogP contribution in [0.2, 0.25) is 0 Å². The lowest BCUT2D eigenvalue weighted by atomic mass is 10.1. The summed E-state index contributed by atoms with van der Waals surface area (Å²) in [5, 5.41) is 0. The Bertz CT molecular complexity index is 248. The lowest BCUT2D eigenvalue weighted by Gasteiger charge is -2.14. The van der Waals surface area contributed by atoms with Gasteiger partial charge in [-0.15, -0.1) is 0 Å². The Labute approximate surface area is 78.0 Å². The molecule has 0 aliphatic rings. The predicted octanol–water partition coefficient (Wildman–Crippen LogP) is 1.13. The maximum Gasteiger partial charge on any atom is 0.105 e. The summed E-state index contributed by atoms with van der Waals surface area (Å²) < 4.78 is 10.5. The van der Waals surface area contributed by atoms with Gasteiger partial charge in [-0.2, -0.15) is 0 Å². The predicted molar refractivity (Wildman–Crippen MR) is 50.0 cm³/mol. The number of rotatable bonds is 5. The number of aryl methyl sites for hydroxylation is 1. The van der Waals surface area contributed by atoms with Gasteiger partial charge < -0.3 is 9.15 Å². The van der Waals surface area contributed by atoms with Crippen molar-refractivity contribution < 1.29 is 9.15 Å². The van der Waals surface area contributed by atoms with Crippen LogP contribution in [0, 0.1) is 6.92 Å². The minimum absolute atomic E-state index is 0.0127. The van der Waals surface area contributed by atoms with Crippen molar-refractivity contribution in [3.05, 3.63) is 23.7 Å². The van der Waals surface area contributed by atoms with Gasteiger partial charge in [-0.1, -0.05) is 0 Å². The highest BCUT2D eigenvalue weighted by atomic mass is 16.5. The van der Waals surface area contributed by atoms with E-state index in [0.29, 0.717) is 13.2 Å². The van der Waals surface area contributed by atoms with Crippen molar-refractivity contribution in [2.45, 2.75) is 19.9 Å². The number of ether oxygens (including phenoxy) is 1. The summed E-state index contributed by atoms with van der Waals surface area (Å²) in [6.07, 6.45) is 1.65. The van der Waals surface area contributed by atoms with E-state index < -0.39 is 0 Å². The Morgan fingerprint density at radius 3 is 2.92 bits per heavy atom. The summed E-state index contributed by atoms with van der Waals surface area (Å²) in [4.78, 5) is 0. The van der Waals surface area contributed by atoms with Crippen LogP contribution in [0.15, 0.2) is 16.7 Å². The van der Waals surface area contributed by atoms with Gasteiger partial charge in [-0.05, 0) is 19.9 Å². The number of hydrogen-bond acceptors (Lipinski definition) is 4. The normalized spacial score (nSPS) is 13.2. The lowest BCUT2D eigenvalue weighted by molar-refractivity contribution is 0.122. The molecule has 0 amide bonds. The van der Waals surface area contributed by atoms with E-state index in [-0.39, 0.29) is 6.04 Å². The molecule has 1 rings (SSSR count). The Kier molecular flexibility index (Phi) is 3.95. The van der Waals surface area contributed by atoms with Crippen molar-refractivity contribution in [3.63, 3.8) is 0 Å². The van der Waals surface area contributed by atoms with Crippen LogP contribution in [-0.2, 0) is 4.74 Å². The van der Waals surface area contributed by atoms with Crippen LogP contribution in [0.4, 0.5) is 0 Å². The molecule has 1 aromatic heterocycles. The summed E-state index contributed by atoms with van der Waals surface area (Å²) in [5.41, 5.74) is 3.75. The number of hydrazine groups is 1. The van der Waals surface area contributed by atoms with E-state index in [1.54, 1.807) is 6.26 Å². The summed E-state index contributed by atoms with van der Waals surface area (Å²) >= 11 is 0. The van der Waals surface area contributed by atoms with E-state index in [2.05, 4.69) is 5.43 Å². The van der Waals surface area contributed by atoms with Crippen LogP contribution in [0.3, 0.4) is 0 Å². The van der Waals surface area contributed by atoms with Crippen molar-refractivity contribution in [1.29, 1.82) is 0 Å². The molecule has 0 saturated carbocycles. The number of hydrogen-bond donors (Lipinski definition) is 2. The molecule has 74 valence electrons. The number of nitrogens with one attached hydrogen (secondary N) is 1. The topological polar surface area (TPSA) is 60.4 Å². The van der Waals surface area contributed by atoms with Crippen LogP contribution in [-0.4, -0.2) is 13.2 Å². The van der Waals surface area contributed by atoms with Crippen LogP contribution in [0.1, 0.15) is 24.3 Å². The zero-order chi connectivity index (χ0) is 9.68. The maximum atomic E-state index is 5.40.